The molecule has 0 saturated carbocycles. The van der Waals surface area contributed by atoms with Crippen LogP contribution in [-0.4, -0.2) is 30.8 Å². The summed E-state index contributed by atoms with van der Waals surface area (Å²) in [7, 11) is 1.54. The minimum Gasteiger partial charge on any atom is -0.493 e. The Morgan fingerprint density at radius 2 is 1.76 bits per heavy atom. The van der Waals surface area contributed by atoms with E-state index in [1.807, 2.05) is 6.92 Å². The Morgan fingerprint density at radius 3 is 2.39 bits per heavy atom. The lowest BCUT2D eigenvalue weighted by atomic mass is 10.2. The summed E-state index contributed by atoms with van der Waals surface area (Å²) in [5, 5.41) is 14.7. The van der Waals surface area contributed by atoms with Crippen LogP contribution in [0.1, 0.15) is 28.4 Å². The Balaban J connectivity index is 1.53. The van der Waals surface area contributed by atoms with Gasteiger partial charge in [0.2, 0.25) is 0 Å². The summed E-state index contributed by atoms with van der Waals surface area (Å²) in [6.07, 6.45) is 1.52. The molecule has 0 fully saturated rings. The molecule has 0 bridgehead atoms. The largest absolute Gasteiger partial charge is 0.493 e. The second-order valence-corrected chi connectivity index (χ2v) is 6.78. The molecule has 170 valence electrons. The van der Waals surface area contributed by atoms with E-state index in [9.17, 15) is 14.9 Å². The third kappa shape index (κ3) is 6.54. The summed E-state index contributed by atoms with van der Waals surface area (Å²) >= 11 is 0. The minimum atomic E-state index is -0.442. The zero-order valence-electron chi connectivity index (χ0n) is 18.2. The highest BCUT2D eigenvalue weighted by atomic mass is 16.6. The van der Waals surface area contributed by atoms with Gasteiger partial charge in [0, 0.05) is 17.7 Å². The van der Waals surface area contributed by atoms with Gasteiger partial charge in [-0.3, -0.25) is 14.9 Å². The van der Waals surface area contributed by atoms with E-state index in [0.29, 0.717) is 29.4 Å². The van der Waals surface area contributed by atoms with Crippen LogP contribution in [0.2, 0.25) is 0 Å². The van der Waals surface area contributed by atoms with E-state index in [1.165, 1.54) is 25.5 Å². The molecule has 0 spiro atoms. The Morgan fingerprint density at radius 1 is 1.03 bits per heavy atom. The molecule has 0 aromatic heterocycles. The third-order valence-corrected chi connectivity index (χ3v) is 4.54. The van der Waals surface area contributed by atoms with E-state index < -0.39 is 4.92 Å². The van der Waals surface area contributed by atoms with E-state index in [4.69, 9.17) is 14.2 Å². The van der Waals surface area contributed by atoms with Crippen LogP contribution in [0, 0.1) is 10.1 Å². The van der Waals surface area contributed by atoms with Crippen LogP contribution >= 0.6 is 0 Å². The van der Waals surface area contributed by atoms with Crippen molar-refractivity contribution in [3.05, 3.63) is 93.5 Å². The molecular formula is C24H23N3O6. The molecule has 9 nitrogen and oxygen atoms in total. The van der Waals surface area contributed by atoms with Crippen molar-refractivity contribution in [1.29, 1.82) is 0 Å². The van der Waals surface area contributed by atoms with Crippen molar-refractivity contribution in [3.63, 3.8) is 0 Å². The lowest BCUT2D eigenvalue weighted by molar-refractivity contribution is -0.384. The molecule has 0 aliphatic rings. The molecule has 0 aliphatic carbocycles. The maximum Gasteiger partial charge on any atom is 0.271 e. The van der Waals surface area contributed by atoms with Gasteiger partial charge in [-0.1, -0.05) is 0 Å². The fraction of sp³-hybridized carbons (Fsp3) is 0.167. The molecule has 1 N–H and O–H groups in total. The van der Waals surface area contributed by atoms with E-state index >= 15 is 0 Å². The highest BCUT2D eigenvalue weighted by Gasteiger charge is 2.10. The molecule has 0 radical (unpaired) electrons. The lowest BCUT2D eigenvalue weighted by Crippen LogP contribution is -2.17. The molecule has 33 heavy (non-hydrogen) atoms. The molecule has 1 amide bonds. The number of rotatable bonds is 10. The highest BCUT2D eigenvalue weighted by molar-refractivity contribution is 5.95. The monoisotopic (exact) mass is 449 g/mol. The van der Waals surface area contributed by atoms with E-state index in [2.05, 4.69) is 10.5 Å². The fourth-order valence-electron chi connectivity index (χ4n) is 2.85. The van der Waals surface area contributed by atoms with Gasteiger partial charge in [-0.2, -0.15) is 5.10 Å². The van der Waals surface area contributed by atoms with Crippen LogP contribution in [0.25, 0.3) is 0 Å². The van der Waals surface area contributed by atoms with Gasteiger partial charge >= 0.3 is 0 Å². The second kappa shape index (κ2) is 11.3. The molecule has 0 heterocycles. The average Bonchev–Trinajstić information content (AvgIpc) is 2.84. The molecule has 0 aliphatic heterocycles. The summed E-state index contributed by atoms with van der Waals surface area (Å²) in [5.41, 5.74) is 4.50. The number of hydrazone groups is 1. The van der Waals surface area contributed by atoms with Crippen molar-refractivity contribution in [3.8, 4) is 17.2 Å². The Bertz CT molecular complexity index is 1130. The predicted molar refractivity (Wildman–Crippen MR) is 123 cm³/mol. The first-order valence-electron chi connectivity index (χ1n) is 10.1. The average molecular weight is 449 g/mol. The van der Waals surface area contributed by atoms with Gasteiger partial charge in [0.05, 0.1) is 24.9 Å². The first-order chi connectivity index (χ1) is 16.0. The van der Waals surface area contributed by atoms with Gasteiger partial charge in [0.15, 0.2) is 11.5 Å². The summed E-state index contributed by atoms with van der Waals surface area (Å²) in [6.45, 7) is 2.59. The number of nitrogens with one attached hydrogen (secondary N) is 1. The maximum atomic E-state index is 12.3. The standard InChI is InChI=1S/C24H23N3O6/c1-3-32-23-14-19(8-13-22(23)31-2)24(28)26-25-15-17-6-11-21(12-7-17)33-16-18-4-9-20(10-5-18)27(29)30/h4-15H,3,16H2,1-2H3,(H,26,28)/b25-15+. The van der Waals surface area contributed by atoms with Crippen LogP contribution in [0.15, 0.2) is 71.8 Å². The number of carbonyl (C=O) groups is 1. The number of hydrogen-bond donors (Lipinski definition) is 1. The molecule has 0 atom stereocenters. The zero-order valence-corrected chi connectivity index (χ0v) is 18.2. The van der Waals surface area contributed by atoms with Gasteiger partial charge in [-0.25, -0.2) is 5.43 Å². The van der Waals surface area contributed by atoms with E-state index in [0.717, 1.165) is 11.1 Å². The van der Waals surface area contributed by atoms with Crippen molar-refractivity contribution in [2.45, 2.75) is 13.5 Å². The van der Waals surface area contributed by atoms with Crippen molar-refractivity contribution in [2.75, 3.05) is 13.7 Å². The van der Waals surface area contributed by atoms with Crippen LogP contribution in [0.3, 0.4) is 0 Å². The molecule has 0 saturated heterocycles. The Kier molecular flexibility index (Phi) is 7.96. The number of nitro groups is 1. The minimum absolute atomic E-state index is 0.0382. The van der Waals surface area contributed by atoms with E-state index in [1.54, 1.807) is 54.6 Å². The van der Waals surface area contributed by atoms with Gasteiger partial charge in [0.1, 0.15) is 12.4 Å². The van der Waals surface area contributed by atoms with Crippen molar-refractivity contribution in [1.82, 2.24) is 5.43 Å². The highest BCUT2D eigenvalue weighted by Crippen LogP contribution is 2.28. The van der Waals surface area contributed by atoms with Crippen molar-refractivity contribution < 1.29 is 23.9 Å². The number of non-ortho nitro benzene ring substituents is 1. The summed E-state index contributed by atoms with van der Waals surface area (Å²) in [4.78, 5) is 22.6. The number of amides is 1. The number of hydrogen-bond acceptors (Lipinski definition) is 7. The smallest absolute Gasteiger partial charge is 0.271 e. The van der Waals surface area contributed by atoms with E-state index in [-0.39, 0.29) is 18.2 Å². The SMILES string of the molecule is CCOc1cc(C(=O)N/N=C/c2ccc(OCc3ccc([N+](=O)[O-])cc3)cc2)ccc1OC. The summed E-state index contributed by atoms with van der Waals surface area (Å²) in [6, 6.07) is 18.2. The second-order valence-electron chi connectivity index (χ2n) is 6.78. The molecule has 9 heteroatoms. The molecule has 0 unspecified atom stereocenters. The van der Waals surface area contributed by atoms with Crippen LogP contribution < -0.4 is 19.6 Å². The Labute approximate surface area is 190 Å². The quantitative estimate of drug-likeness (QED) is 0.280. The van der Waals surface area contributed by atoms with Crippen LogP contribution in [-0.2, 0) is 6.61 Å². The maximum absolute atomic E-state index is 12.3. The van der Waals surface area contributed by atoms with Crippen molar-refractivity contribution >= 4 is 17.8 Å². The first-order valence-corrected chi connectivity index (χ1v) is 10.1. The van der Waals surface area contributed by atoms with Crippen molar-refractivity contribution in [2.24, 2.45) is 5.10 Å². The number of nitrogens with zero attached hydrogens (tertiary/aromatic N) is 2. The third-order valence-electron chi connectivity index (χ3n) is 4.54. The van der Waals surface area contributed by atoms with Gasteiger partial charge in [0.25, 0.3) is 11.6 Å². The fourth-order valence-corrected chi connectivity index (χ4v) is 2.85. The van der Waals surface area contributed by atoms with Gasteiger partial charge in [-0.05, 0) is 72.6 Å². The molecule has 3 rings (SSSR count). The topological polar surface area (TPSA) is 112 Å². The molecular weight excluding hydrogens is 426 g/mol. The summed E-state index contributed by atoms with van der Waals surface area (Å²) < 4.78 is 16.4. The number of methoxy groups -OCH3 is 1. The van der Waals surface area contributed by atoms with Crippen LogP contribution in [0.4, 0.5) is 5.69 Å². The number of carbonyl (C=O) groups excluding carboxylic acids is 1. The van der Waals surface area contributed by atoms with Gasteiger partial charge < -0.3 is 14.2 Å². The summed E-state index contributed by atoms with van der Waals surface area (Å²) in [5.74, 6) is 1.29. The predicted octanol–water partition coefficient (Wildman–Crippen LogP) is 4.35. The zero-order chi connectivity index (χ0) is 23.6. The molecule has 3 aromatic rings. The van der Waals surface area contributed by atoms with Crippen LogP contribution in [0.5, 0.6) is 17.2 Å². The molecule has 3 aromatic carbocycles. The normalized spacial score (nSPS) is 10.6. The van der Waals surface area contributed by atoms with Gasteiger partial charge in [-0.15, -0.1) is 0 Å². The number of benzene rings is 3. The first kappa shape index (κ1) is 23.3. The lowest BCUT2D eigenvalue weighted by Gasteiger charge is -2.10. The number of ether oxygens (including phenoxy) is 3. The number of nitro benzene ring substituents is 1. The Hall–Kier alpha value is -4.40.